The first kappa shape index (κ1) is 31.4. The average Bonchev–Trinajstić information content (AvgIpc) is 3.62. The van der Waals surface area contributed by atoms with Crippen LogP contribution in [0.2, 0.25) is 5.02 Å². The maximum atomic E-state index is 13.7. The SMILES string of the molecule is Cc1cc(C#N)cc(C(=O)NC2=NCCS2)c1NC(=O)c1cc(CN(C)N=NC(C)C(F)(F)F)nn1-c1ncccc1Cl. The molecule has 3 heterocycles. The molecule has 1 aromatic carbocycles. The number of nitriles is 1. The van der Waals surface area contributed by atoms with Crippen LogP contribution in [0.5, 0.6) is 0 Å². The molecule has 1 unspecified atom stereocenters. The number of thioether (sulfide) groups is 1. The van der Waals surface area contributed by atoms with Gasteiger partial charge in [0.1, 0.15) is 5.69 Å². The summed E-state index contributed by atoms with van der Waals surface area (Å²) in [6.45, 7) is 2.95. The van der Waals surface area contributed by atoms with Crippen LogP contribution in [-0.2, 0) is 6.54 Å². The van der Waals surface area contributed by atoms with E-state index in [2.05, 4.69) is 36.0 Å². The van der Waals surface area contributed by atoms with Crippen LogP contribution in [0.1, 0.15) is 44.6 Å². The zero-order valence-electron chi connectivity index (χ0n) is 23.0. The van der Waals surface area contributed by atoms with Crippen LogP contribution < -0.4 is 10.6 Å². The molecule has 0 saturated heterocycles. The van der Waals surface area contributed by atoms with E-state index in [1.54, 1.807) is 19.1 Å². The van der Waals surface area contributed by atoms with Crippen molar-refractivity contribution in [1.82, 2.24) is 25.1 Å². The molecule has 3 aromatic rings. The number of amidine groups is 1. The van der Waals surface area contributed by atoms with Gasteiger partial charge < -0.3 is 10.6 Å². The van der Waals surface area contributed by atoms with E-state index in [-0.39, 0.29) is 45.6 Å². The molecule has 2 N–H and O–H groups in total. The summed E-state index contributed by atoms with van der Waals surface area (Å²) in [4.78, 5) is 35.3. The molecule has 43 heavy (non-hydrogen) atoms. The summed E-state index contributed by atoms with van der Waals surface area (Å²) >= 11 is 7.71. The first-order valence-corrected chi connectivity index (χ1v) is 14.0. The Kier molecular flexibility index (Phi) is 9.66. The third-order valence-electron chi connectivity index (χ3n) is 5.93. The number of benzene rings is 1. The lowest BCUT2D eigenvalue weighted by Crippen LogP contribution is -2.29. The number of nitrogens with one attached hydrogen (secondary N) is 2. The van der Waals surface area contributed by atoms with Crippen molar-refractivity contribution < 1.29 is 22.8 Å². The Balaban J connectivity index is 1.68. The van der Waals surface area contributed by atoms with Gasteiger partial charge in [-0.2, -0.15) is 28.6 Å². The number of carbonyl (C=O) groups is 2. The minimum absolute atomic E-state index is 0.0428. The van der Waals surface area contributed by atoms with Gasteiger partial charge in [0, 0.05) is 19.0 Å². The number of rotatable bonds is 8. The number of alkyl halides is 3. The van der Waals surface area contributed by atoms with Crippen LogP contribution in [-0.4, -0.2) is 68.3 Å². The third kappa shape index (κ3) is 7.67. The number of hydrogen-bond acceptors (Lipinski definition) is 9. The number of aryl methyl sites for hydroxylation is 1. The summed E-state index contributed by atoms with van der Waals surface area (Å²) in [5.74, 6) is -0.437. The normalized spacial score (nSPS) is 13.9. The highest BCUT2D eigenvalue weighted by atomic mass is 35.5. The monoisotopic (exact) mass is 632 g/mol. The molecule has 1 aliphatic heterocycles. The number of aliphatic imine (C=N–C) groups is 1. The van der Waals surface area contributed by atoms with Gasteiger partial charge in [0.25, 0.3) is 11.8 Å². The lowest BCUT2D eigenvalue weighted by atomic mass is 10.0. The van der Waals surface area contributed by atoms with Crippen LogP contribution in [0.15, 0.2) is 51.9 Å². The number of aromatic nitrogens is 3. The summed E-state index contributed by atoms with van der Waals surface area (Å²) < 4.78 is 39.7. The third-order valence-corrected chi connectivity index (χ3v) is 7.11. The standard InChI is InChI=1S/C26H24ClF3N10O2S/c1-14-9-16(12-31)10-18(23(41)35-25-33-7-8-43-25)21(14)34-24(42)20-11-17(13-39(3)38-36-15(2)26(28,29)30)37-40(20)22-19(27)5-4-6-32-22/h4-6,9-11,15H,7-8,13H2,1-3H3,(H,34,42)(H,33,35,41). The molecule has 0 fully saturated rings. The Morgan fingerprint density at radius 3 is 2.70 bits per heavy atom. The fourth-order valence-corrected chi connectivity index (χ4v) is 4.74. The smallest absolute Gasteiger partial charge is 0.320 e. The van der Waals surface area contributed by atoms with Gasteiger partial charge in [-0.25, -0.2) is 9.67 Å². The predicted molar refractivity (Wildman–Crippen MR) is 154 cm³/mol. The number of nitrogens with zero attached hydrogens (tertiary/aromatic N) is 8. The molecule has 0 spiro atoms. The van der Waals surface area contributed by atoms with E-state index in [4.69, 9.17) is 11.6 Å². The number of anilines is 1. The van der Waals surface area contributed by atoms with E-state index in [1.807, 2.05) is 6.07 Å². The quantitative estimate of drug-likeness (QED) is 0.264. The fourth-order valence-electron chi connectivity index (χ4n) is 3.81. The second-order valence-electron chi connectivity index (χ2n) is 9.25. The summed E-state index contributed by atoms with van der Waals surface area (Å²) in [6.07, 6.45) is -3.10. The lowest BCUT2D eigenvalue weighted by Gasteiger charge is -2.15. The number of carbonyl (C=O) groups excluding carboxylic acids is 2. The van der Waals surface area contributed by atoms with Gasteiger partial charge in [-0.05, 0) is 49.7 Å². The van der Waals surface area contributed by atoms with E-state index in [0.29, 0.717) is 17.3 Å². The van der Waals surface area contributed by atoms with Crippen molar-refractivity contribution in [3.63, 3.8) is 0 Å². The maximum absolute atomic E-state index is 13.7. The Labute approximate surface area is 253 Å². The lowest BCUT2D eigenvalue weighted by molar-refractivity contribution is -0.144. The summed E-state index contributed by atoms with van der Waals surface area (Å²) in [5.41, 5.74) is 1.04. The summed E-state index contributed by atoms with van der Waals surface area (Å²) in [6, 6.07) is 7.40. The van der Waals surface area contributed by atoms with Crippen molar-refractivity contribution in [3.05, 3.63) is 69.6 Å². The molecule has 1 atom stereocenters. The van der Waals surface area contributed by atoms with Gasteiger partial charge in [0.2, 0.25) is 0 Å². The van der Waals surface area contributed by atoms with E-state index in [9.17, 15) is 28.0 Å². The van der Waals surface area contributed by atoms with E-state index in [1.165, 1.54) is 47.9 Å². The Morgan fingerprint density at radius 2 is 2.05 bits per heavy atom. The minimum Gasteiger partial charge on any atom is -0.320 e. The molecule has 224 valence electrons. The molecule has 0 saturated carbocycles. The molecule has 1 aliphatic rings. The minimum atomic E-state index is -4.55. The Morgan fingerprint density at radius 1 is 1.28 bits per heavy atom. The number of hydrogen-bond donors (Lipinski definition) is 2. The van der Waals surface area contributed by atoms with Crippen molar-refractivity contribution in [1.29, 1.82) is 5.26 Å². The van der Waals surface area contributed by atoms with Gasteiger partial charge >= 0.3 is 6.18 Å². The van der Waals surface area contributed by atoms with Gasteiger partial charge in [0.15, 0.2) is 17.0 Å². The number of halogens is 4. The van der Waals surface area contributed by atoms with Gasteiger partial charge in [-0.1, -0.05) is 28.6 Å². The highest BCUT2D eigenvalue weighted by molar-refractivity contribution is 8.14. The first-order chi connectivity index (χ1) is 20.4. The molecular formula is C26H24ClF3N10O2S. The van der Waals surface area contributed by atoms with Crippen molar-refractivity contribution in [3.8, 4) is 11.9 Å². The van der Waals surface area contributed by atoms with Crippen LogP contribution in [0.3, 0.4) is 0 Å². The van der Waals surface area contributed by atoms with Gasteiger partial charge in [-0.3, -0.25) is 19.6 Å². The molecule has 2 amide bonds. The largest absolute Gasteiger partial charge is 0.412 e. The number of pyridine rings is 1. The van der Waals surface area contributed by atoms with Crippen LogP contribution in [0.25, 0.3) is 5.82 Å². The molecule has 17 heteroatoms. The maximum Gasteiger partial charge on any atom is 0.412 e. The summed E-state index contributed by atoms with van der Waals surface area (Å²) in [7, 11) is 1.40. The second-order valence-corrected chi connectivity index (χ2v) is 10.7. The molecule has 12 nitrogen and oxygen atoms in total. The molecule has 4 rings (SSSR count). The Bertz CT molecular complexity index is 1650. The van der Waals surface area contributed by atoms with E-state index in [0.717, 1.165) is 17.7 Å². The topological polar surface area (TPSA) is 153 Å². The van der Waals surface area contributed by atoms with Crippen LogP contribution in [0, 0.1) is 18.3 Å². The highest BCUT2D eigenvalue weighted by Gasteiger charge is 2.36. The van der Waals surface area contributed by atoms with Crippen LogP contribution >= 0.6 is 23.4 Å². The predicted octanol–water partition coefficient (Wildman–Crippen LogP) is 4.94. The van der Waals surface area contributed by atoms with E-state index >= 15 is 0 Å². The van der Waals surface area contributed by atoms with Crippen molar-refractivity contribution in [2.45, 2.75) is 32.6 Å². The fraction of sp³-hybridized carbons (Fsp3) is 0.308. The van der Waals surface area contributed by atoms with Crippen molar-refractivity contribution in [2.75, 3.05) is 24.7 Å². The zero-order chi connectivity index (χ0) is 31.3. The molecule has 2 aromatic heterocycles. The average molecular weight is 633 g/mol. The Hall–Kier alpha value is -4.49. The molecule has 0 aliphatic carbocycles. The second kappa shape index (κ2) is 13.2. The summed E-state index contributed by atoms with van der Waals surface area (Å²) in [5, 5.41) is 27.9. The number of amides is 2. The molecule has 0 bridgehead atoms. The zero-order valence-corrected chi connectivity index (χ0v) is 24.5. The highest BCUT2D eigenvalue weighted by Crippen LogP contribution is 2.27. The van der Waals surface area contributed by atoms with E-state index < -0.39 is 24.0 Å². The van der Waals surface area contributed by atoms with Crippen LogP contribution in [0.4, 0.5) is 18.9 Å². The van der Waals surface area contributed by atoms with Gasteiger partial charge in [0.05, 0.1) is 46.7 Å². The molecular weight excluding hydrogens is 609 g/mol. The van der Waals surface area contributed by atoms with Gasteiger partial charge in [-0.15, -0.1) is 0 Å². The van der Waals surface area contributed by atoms with Crippen molar-refractivity contribution >= 4 is 46.0 Å². The first-order valence-electron chi connectivity index (χ1n) is 12.6. The molecule has 0 radical (unpaired) electrons. The van der Waals surface area contributed by atoms with Crippen molar-refractivity contribution in [2.24, 2.45) is 15.3 Å².